The first-order chi connectivity index (χ1) is 38.3. The van der Waals surface area contributed by atoms with Gasteiger partial charge in [-0.3, -0.25) is 4.79 Å². The fourth-order valence-electron chi connectivity index (χ4n) is 10.2. The number of carbonyl (C=O) groups is 1. The van der Waals surface area contributed by atoms with Gasteiger partial charge in [-0.2, -0.15) is 0 Å². The maximum atomic E-state index is 12.0. The molecular weight excluding hydrogens is 1120 g/mol. The molecule has 1 amide bonds. The smallest absolute Gasteiger partial charge is 0.217 e. The molecule has 81 heavy (non-hydrogen) atoms. The molecule has 7 rings (SSSR count). The van der Waals surface area contributed by atoms with Gasteiger partial charge in [0.25, 0.3) is 0 Å². The quantitative estimate of drug-likeness (QED) is 0.0538. The van der Waals surface area contributed by atoms with E-state index in [0.717, 1.165) is 6.92 Å². The van der Waals surface area contributed by atoms with Gasteiger partial charge in [0.1, 0.15) is 171 Å². The van der Waals surface area contributed by atoms with Gasteiger partial charge in [0.15, 0.2) is 44.0 Å². The van der Waals surface area contributed by atoms with E-state index in [2.05, 4.69) is 5.32 Å². The average molecular weight is 1190 g/mol. The number of nitrogens with one attached hydrogen (secondary N) is 1. The van der Waals surface area contributed by atoms with Crippen LogP contribution in [0.3, 0.4) is 0 Å². The van der Waals surface area contributed by atoms with Crippen molar-refractivity contribution in [3.8, 4) is 0 Å². The molecule has 7 aliphatic heterocycles. The molecule has 0 bridgehead atoms. The molecule has 7 saturated heterocycles. The molecule has 0 aliphatic carbocycles. The minimum absolute atomic E-state index is 0.777. The third-order valence-corrected chi connectivity index (χ3v) is 14.9. The zero-order valence-electron chi connectivity index (χ0n) is 42.7. The lowest BCUT2D eigenvalue weighted by atomic mass is 9.95. The molecule has 1 unspecified atom stereocenters. The standard InChI is InChI=1S/C44H75NO36/c1-9(51)45-17-24(58)34(14(6-50)71-38(17)68)78-43-33(67)36(80-41-30(64)26(60)19(53)11(3-47)73-41)23(57)16(77-43)7-69-39-32(66)35(79-40-29(63)25(59)18(52)10(2-46)72-40)22(56)15(76-39)8-70-44-37(28(62)21(55)13(5-49)75-44)81-42-31(65)27(61)20(54)12(4-48)74-42/h10-44,46-50,52-68H,2-8H2,1H3,(H,45,51)/t10-,11-,12-,13-,14-,15-,16-,17-,18-,19-,20-,21-,22-,23-,24-,25+,26+,27+,28+,29+,30+,31+,32+,33+,34-,35+,36+,37+,38?,39-,40-,41-,42-,43+,44+/m1/s1. The summed E-state index contributed by atoms with van der Waals surface area (Å²) in [5.74, 6) is -0.777. The lowest BCUT2D eigenvalue weighted by Gasteiger charge is -2.49. The molecule has 35 atom stereocenters. The van der Waals surface area contributed by atoms with Gasteiger partial charge >= 0.3 is 0 Å². The summed E-state index contributed by atoms with van der Waals surface area (Å²) in [7, 11) is 0. The summed E-state index contributed by atoms with van der Waals surface area (Å²) in [6, 6.07) is -1.64. The maximum Gasteiger partial charge on any atom is 0.217 e. The van der Waals surface area contributed by atoms with Gasteiger partial charge in [0.2, 0.25) is 5.91 Å². The highest BCUT2D eigenvalue weighted by atomic mass is 16.8. The lowest BCUT2D eigenvalue weighted by molar-refractivity contribution is -0.387. The average Bonchev–Trinajstić information content (AvgIpc) is 3.52. The summed E-state index contributed by atoms with van der Waals surface area (Å²) in [6.07, 6.45) is -67.6. The Morgan fingerprint density at radius 2 is 0.642 bits per heavy atom. The van der Waals surface area contributed by atoms with Gasteiger partial charge in [-0.25, -0.2) is 0 Å². The molecule has 7 aliphatic rings. The number of carbonyl (C=O) groups excluding carboxylic acids is 1. The largest absolute Gasteiger partial charge is 0.394 e. The van der Waals surface area contributed by atoms with Gasteiger partial charge in [0.05, 0.1) is 46.2 Å². The molecule has 0 aromatic rings. The van der Waals surface area contributed by atoms with Gasteiger partial charge in [-0.05, 0) is 0 Å². The van der Waals surface area contributed by atoms with Crippen molar-refractivity contribution >= 4 is 5.91 Å². The van der Waals surface area contributed by atoms with Crippen LogP contribution in [0.5, 0.6) is 0 Å². The minimum atomic E-state index is -2.29. The van der Waals surface area contributed by atoms with E-state index in [9.17, 15) is 117 Å². The van der Waals surface area contributed by atoms with E-state index in [0.29, 0.717) is 0 Å². The van der Waals surface area contributed by atoms with Crippen LogP contribution in [0.15, 0.2) is 0 Å². The van der Waals surface area contributed by atoms with Gasteiger partial charge < -0.3 is 179 Å². The molecule has 23 N–H and O–H groups in total. The summed E-state index contributed by atoms with van der Waals surface area (Å²) >= 11 is 0. The minimum Gasteiger partial charge on any atom is -0.394 e. The predicted octanol–water partition coefficient (Wildman–Crippen LogP) is -16.1. The summed E-state index contributed by atoms with van der Waals surface area (Å²) in [4.78, 5) is 12.0. The second-order valence-corrected chi connectivity index (χ2v) is 20.4. The monoisotopic (exact) mass is 1190 g/mol. The van der Waals surface area contributed by atoms with Crippen molar-refractivity contribution in [2.75, 3.05) is 46.2 Å². The summed E-state index contributed by atoms with van der Waals surface area (Å²) in [5.41, 5.74) is 0. The van der Waals surface area contributed by atoms with E-state index in [4.69, 9.17) is 61.6 Å². The molecule has 37 heteroatoms. The van der Waals surface area contributed by atoms with E-state index in [-0.39, 0.29) is 0 Å². The zero-order chi connectivity index (χ0) is 59.6. The van der Waals surface area contributed by atoms with Crippen molar-refractivity contribution in [1.82, 2.24) is 5.32 Å². The molecule has 7 heterocycles. The highest BCUT2D eigenvalue weighted by molar-refractivity contribution is 5.73. The summed E-state index contributed by atoms with van der Waals surface area (Å²) in [6.45, 7) is -5.86. The first-order valence-electron chi connectivity index (χ1n) is 25.6. The number of hydrogen-bond acceptors (Lipinski definition) is 36. The van der Waals surface area contributed by atoms with E-state index in [1.165, 1.54) is 0 Å². The van der Waals surface area contributed by atoms with Crippen LogP contribution in [0.2, 0.25) is 0 Å². The van der Waals surface area contributed by atoms with E-state index in [1.807, 2.05) is 0 Å². The Balaban J connectivity index is 1.17. The highest BCUT2D eigenvalue weighted by Crippen LogP contribution is 2.36. The third-order valence-electron chi connectivity index (χ3n) is 14.9. The van der Waals surface area contributed by atoms with E-state index in [1.54, 1.807) is 0 Å². The number of ether oxygens (including phenoxy) is 13. The Labute approximate surface area is 457 Å². The molecule has 0 aromatic heterocycles. The van der Waals surface area contributed by atoms with Crippen molar-refractivity contribution in [2.45, 2.75) is 222 Å². The SMILES string of the molecule is CC(=O)N[C@H]1C(O)O[C@H](CO)[C@@H](O[C@@H]2O[C@H](CO[C@@H]3O[C@H](CO[C@H]4O[C@H](CO)[C@@H](O)[C@H](O)[C@@H]4O[C@H]4O[C@H](CO)[C@@H](O)[C@H](O)[C@@H]4O)[C@@H](O)[C@H](O[C@H]4O[C@H](CO)[C@@H](O)[C@H](O)[C@@H]4O)[C@@H]3O)[C@@H](O)[C@H](O[C@H]3O[C@H](CO)[C@@H](O)[C@H](O)[C@@H]3O)[C@@H]2O)[C@@H]1O. The topological polar surface area (TPSA) is 594 Å². The van der Waals surface area contributed by atoms with Crippen LogP contribution in [0, 0.1) is 0 Å². The molecule has 0 radical (unpaired) electrons. The Morgan fingerprint density at radius 1 is 0.321 bits per heavy atom. The molecular formula is C44H75NO36. The molecule has 472 valence electrons. The lowest BCUT2D eigenvalue weighted by Crippen LogP contribution is -2.68. The van der Waals surface area contributed by atoms with Crippen LogP contribution in [-0.4, -0.2) is 379 Å². The molecule has 0 aromatic carbocycles. The maximum absolute atomic E-state index is 12.0. The fourth-order valence-corrected chi connectivity index (χ4v) is 10.2. The number of aliphatic hydroxyl groups is 22. The number of amides is 1. The first-order valence-corrected chi connectivity index (χ1v) is 25.6. The second kappa shape index (κ2) is 28.7. The van der Waals surface area contributed by atoms with Gasteiger partial charge in [-0.1, -0.05) is 0 Å². The second-order valence-electron chi connectivity index (χ2n) is 20.4. The Hall–Kier alpha value is -1.93. The Morgan fingerprint density at radius 3 is 1.05 bits per heavy atom. The molecule has 7 fully saturated rings. The zero-order valence-corrected chi connectivity index (χ0v) is 42.7. The van der Waals surface area contributed by atoms with Gasteiger partial charge in [-0.15, -0.1) is 0 Å². The fraction of sp³-hybridized carbons (Fsp3) is 0.977. The van der Waals surface area contributed by atoms with Crippen LogP contribution in [0.25, 0.3) is 0 Å². The van der Waals surface area contributed by atoms with Gasteiger partial charge in [0, 0.05) is 6.92 Å². The van der Waals surface area contributed by atoms with E-state index >= 15 is 0 Å². The van der Waals surface area contributed by atoms with Crippen LogP contribution in [-0.2, 0) is 66.4 Å². The van der Waals surface area contributed by atoms with Crippen LogP contribution in [0.1, 0.15) is 6.92 Å². The molecule has 37 nitrogen and oxygen atoms in total. The van der Waals surface area contributed by atoms with Crippen molar-refractivity contribution in [3.63, 3.8) is 0 Å². The van der Waals surface area contributed by atoms with Crippen LogP contribution < -0.4 is 5.32 Å². The van der Waals surface area contributed by atoms with Crippen molar-refractivity contribution in [3.05, 3.63) is 0 Å². The van der Waals surface area contributed by atoms with Crippen molar-refractivity contribution < 1.29 is 179 Å². The number of hydrogen-bond donors (Lipinski definition) is 23. The third kappa shape index (κ3) is 14.2. The Bertz CT molecular complexity index is 1940. The first kappa shape index (κ1) is 66.6. The summed E-state index contributed by atoms with van der Waals surface area (Å²) in [5, 5.41) is 238. The van der Waals surface area contributed by atoms with Crippen LogP contribution >= 0.6 is 0 Å². The Kier molecular flexibility index (Phi) is 23.6. The number of aliphatic hydroxyl groups excluding tert-OH is 22. The molecule has 0 spiro atoms. The number of rotatable bonds is 20. The predicted molar refractivity (Wildman–Crippen MR) is 243 cm³/mol. The molecule has 0 saturated carbocycles. The summed E-state index contributed by atoms with van der Waals surface area (Å²) < 4.78 is 73.8. The van der Waals surface area contributed by atoms with Crippen LogP contribution in [0.4, 0.5) is 0 Å². The highest BCUT2D eigenvalue weighted by Gasteiger charge is 2.57. The van der Waals surface area contributed by atoms with Crippen molar-refractivity contribution in [1.29, 1.82) is 0 Å². The van der Waals surface area contributed by atoms with E-state index < -0.39 is 267 Å². The van der Waals surface area contributed by atoms with Crippen molar-refractivity contribution in [2.24, 2.45) is 0 Å². The normalized spacial score (nSPS) is 51.9.